The first-order valence-corrected chi connectivity index (χ1v) is 53.1. The summed E-state index contributed by atoms with van der Waals surface area (Å²) in [7, 11) is 3.23. The number of aryl methyl sites for hydroxylation is 4. The van der Waals surface area contributed by atoms with Crippen molar-refractivity contribution in [1.82, 2.24) is 0 Å². The smallest absolute Gasteiger partial charge is 0.373 e. The van der Waals surface area contributed by atoms with Gasteiger partial charge in [0.25, 0.3) is 0 Å². The lowest BCUT2D eigenvalue weighted by Gasteiger charge is -2.54. The van der Waals surface area contributed by atoms with Crippen LogP contribution in [0.25, 0.3) is 0 Å². The number of hydrogen-bond acceptors (Lipinski definition) is 21. The summed E-state index contributed by atoms with van der Waals surface area (Å²) in [6, 6.07) is 57.2. The van der Waals surface area contributed by atoms with Crippen molar-refractivity contribution in [2.75, 3.05) is 67.1 Å². The van der Waals surface area contributed by atoms with Crippen molar-refractivity contribution in [2.45, 2.75) is 323 Å². The lowest BCUT2D eigenvalue weighted by atomic mass is 9.49. The fourth-order valence-electron chi connectivity index (χ4n) is 25.9. The summed E-state index contributed by atoms with van der Waals surface area (Å²) >= 11 is 0. The largest absolute Gasteiger partial charge is 0.491 e. The zero-order chi connectivity index (χ0) is 106. The molecule has 8 aliphatic rings. The third kappa shape index (κ3) is 25.9. The molecule has 8 aromatic carbocycles. The second kappa shape index (κ2) is 49.3. The van der Waals surface area contributed by atoms with Crippen LogP contribution in [0.4, 0.5) is 0 Å². The van der Waals surface area contributed by atoms with Crippen molar-refractivity contribution in [3.8, 4) is 23.0 Å². The highest BCUT2D eigenvalue weighted by atomic mass is 16.6. The Hall–Kier alpha value is -11.1. The maximum atomic E-state index is 14.0. The Morgan fingerprint density at radius 3 is 0.808 bits per heavy atom. The lowest BCUT2D eigenvalue weighted by Crippen LogP contribution is -2.53. The van der Waals surface area contributed by atoms with Crippen LogP contribution in [0.3, 0.4) is 0 Å². The van der Waals surface area contributed by atoms with Crippen LogP contribution < -0.4 is 18.9 Å². The topological polar surface area (TPSA) is 307 Å². The number of benzene rings is 8. The first-order chi connectivity index (χ1) is 69.4. The van der Waals surface area contributed by atoms with Crippen LogP contribution in [0.2, 0.25) is 0 Å². The summed E-state index contributed by atoms with van der Waals surface area (Å²) in [4.78, 5) is 104. The number of fused-ring (bicyclic) bond motifs is 12. The van der Waals surface area contributed by atoms with Gasteiger partial charge in [-0.3, -0.25) is 28.8 Å². The van der Waals surface area contributed by atoms with E-state index in [4.69, 9.17) is 62.1 Å². The summed E-state index contributed by atoms with van der Waals surface area (Å²) in [6.07, 6.45) is 16.4. The van der Waals surface area contributed by atoms with Gasteiger partial charge in [-0.05, 0) is 316 Å². The van der Waals surface area contributed by atoms with E-state index in [1.165, 1.54) is 80.6 Å². The van der Waals surface area contributed by atoms with Crippen molar-refractivity contribution < 1.29 is 106 Å². The Kier molecular flexibility index (Phi) is 38.4. The van der Waals surface area contributed by atoms with Crippen LogP contribution in [0, 0.1) is 45.3 Å². The van der Waals surface area contributed by atoms with Gasteiger partial charge in [-0.15, -0.1) is 0 Å². The molecule has 16 unspecified atom stereocenters. The van der Waals surface area contributed by atoms with E-state index in [0.29, 0.717) is 63.4 Å². The zero-order valence-electron chi connectivity index (χ0n) is 90.1. The minimum Gasteiger partial charge on any atom is -0.491 e. The highest BCUT2D eigenvalue weighted by molar-refractivity contribution is 5.97. The molecule has 16 atom stereocenters. The summed E-state index contributed by atoms with van der Waals surface area (Å²) < 4.78 is 59.4. The molecule has 788 valence electrons. The molecule has 3 N–H and O–H groups in total. The van der Waals surface area contributed by atoms with Crippen LogP contribution in [0.1, 0.15) is 349 Å². The molecule has 146 heavy (non-hydrogen) atoms. The number of carboxylic acids is 1. The van der Waals surface area contributed by atoms with Crippen LogP contribution in [-0.2, 0) is 105 Å². The van der Waals surface area contributed by atoms with Crippen molar-refractivity contribution in [3.05, 3.63) is 259 Å². The molecule has 0 aliphatic heterocycles. The molecule has 0 amide bonds. The second-order valence-corrected chi connectivity index (χ2v) is 45.5. The molecule has 8 aromatic rings. The predicted molar refractivity (Wildman–Crippen MR) is 564 cm³/mol. The zero-order valence-corrected chi connectivity index (χ0v) is 90.1. The number of ether oxygens (including phenoxy) is 10. The van der Waals surface area contributed by atoms with Gasteiger partial charge in [-0.1, -0.05) is 236 Å². The van der Waals surface area contributed by atoms with Gasteiger partial charge in [0.1, 0.15) is 100 Å². The fourth-order valence-corrected chi connectivity index (χ4v) is 25.9. The number of rotatable bonds is 33. The summed E-state index contributed by atoms with van der Waals surface area (Å²) in [5.74, 6) is 3.24. The quantitative estimate of drug-likeness (QED) is 0.0195. The number of aromatic carboxylic acids is 1. The molecule has 8 aliphatic carbocycles. The molecule has 4 fully saturated rings. The average molecular weight is 2000 g/mol. The van der Waals surface area contributed by atoms with Crippen molar-refractivity contribution in [3.63, 3.8) is 0 Å². The second-order valence-electron chi connectivity index (χ2n) is 45.5. The molecular formula is C124H160O22. The van der Waals surface area contributed by atoms with E-state index in [-0.39, 0.29) is 140 Å². The number of carbonyl (C=O) groups is 7. The number of ketones is 2. The molecule has 0 aromatic heterocycles. The van der Waals surface area contributed by atoms with Crippen molar-refractivity contribution in [1.29, 1.82) is 0 Å². The summed E-state index contributed by atoms with van der Waals surface area (Å²) in [6.45, 7) is 38.8. The van der Waals surface area contributed by atoms with Crippen LogP contribution in [-0.4, -0.2) is 154 Å². The number of Topliss-reactive ketones (excluding diaryl/α,β-unsaturated/α-hetero) is 2. The maximum absolute atomic E-state index is 14.0. The highest BCUT2D eigenvalue weighted by Crippen LogP contribution is 2.63. The van der Waals surface area contributed by atoms with E-state index in [1.807, 2.05) is 24.3 Å². The molecule has 22 heteroatoms. The fraction of sp³-hybridized carbons (Fsp3) is 0.548. The Balaban J connectivity index is 0.000000211. The van der Waals surface area contributed by atoms with E-state index in [2.05, 4.69) is 184 Å². The first kappa shape index (κ1) is 114. The predicted octanol–water partition coefficient (Wildman–Crippen LogP) is 24.0. The number of aliphatic hydroxyl groups excluding tert-OH is 2. The van der Waals surface area contributed by atoms with Crippen LogP contribution in [0.5, 0.6) is 23.0 Å². The van der Waals surface area contributed by atoms with Crippen LogP contribution in [0.15, 0.2) is 176 Å². The molecule has 16 rings (SSSR count). The molecule has 0 saturated heterocycles. The highest BCUT2D eigenvalue weighted by Gasteiger charge is 2.61. The van der Waals surface area contributed by atoms with E-state index >= 15 is 0 Å². The normalized spacial score (nSPS) is 25.7. The van der Waals surface area contributed by atoms with E-state index in [9.17, 15) is 43.8 Å². The third-order valence-electron chi connectivity index (χ3n) is 34.4. The Morgan fingerprint density at radius 1 is 0.322 bits per heavy atom. The average Bonchev–Trinajstić information content (AvgIpc) is 0.734. The van der Waals surface area contributed by atoms with Crippen LogP contribution >= 0.6 is 0 Å². The van der Waals surface area contributed by atoms with Gasteiger partial charge in [-0.25, -0.2) is 4.79 Å². The number of aliphatic hydroxyl groups is 2. The molecule has 0 bridgehead atoms. The van der Waals surface area contributed by atoms with E-state index in [0.717, 1.165) is 128 Å². The van der Waals surface area contributed by atoms with Gasteiger partial charge in [0.15, 0.2) is 11.6 Å². The van der Waals surface area contributed by atoms with E-state index < -0.39 is 52.0 Å². The van der Waals surface area contributed by atoms with Gasteiger partial charge in [0.2, 0.25) is 0 Å². The Labute approximate surface area is 866 Å². The van der Waals surface area contributed by atoms with Gasteiger partial charge in [0, 0.05) is 37.5 Å². The number of hydrogen-bond donors (Lipinski definition) is 3. The standard InChI is InChI=1S/C54H74O8.C52H70O8.C10H10O2.C7H6O2.CO2/c1-35(2)37-16-20-45-39(28-37)18-22-47-51(45,5)24-12-26-53(47,7)49(55)61-33-43(57-9)31-59-41-14-11-15-42(30-41)60-32-44(58-10)34-62-50(56)54(8)27-13-25-52(6)46-21-17-38(36(3)4)29-40(46)19-23-48(52)54;1-33(2)35-14-18-43-37(26-35)16-20-45-49(43,5)22-10-24-51(45,7)47(55)59-31-39(53)29-57-41-12-9-13-42(28-41)58-30-40(54)32-60-48(56)52(8)25-11-23-50(6)44-19-15-36(34(3)4)27-38(44)17-21-46(50)52;1-7(11)9-3-5-10(6-4-9)8(2)12;8-7(9)6-4-2-1-3-5-6;2-1-3/h11,14-17,20-21,28-30,35-36,43-44,47-48H,12-13,18-19,22-27,31-34H2,1-10H3;9,12-15,18-19,26-28,33-34,39-40,45-46,53-54H,10-11,16-17,20-25,29-32H2,1-8H3;3-6H,1-2H3;1-5H,(H,8,9);. The first-order valence-electron chi connectivity index (χ1n) is 53.1. The van der Waals surface area contributed by atoms with Gasteiger partial charge >= 0.3 is 36.0 Å². The minimum atomic E-state index is -1.01. The molecular weight excluding hydrogens is 1840 g/mol. The number of esters is 4. The molecule has 4 saturated carbocycles. The summed E-state index contributed by atoms with van der Waals surface area (Å²) in [5, 5.41) is 30.0. The van der Waals surface area contributed by atoms with E-state index in [1.54, 1.807) is 93.1 Å². The SMILES string of the molecule is CC(=O)c1ccc(C(C)=O)cc1.CC(C)c1ccc2c(c1)CCC1C(C)(C(=O)OCC(O)COc3cccc(OCC(O)COC(=O)C4(C)CCCC5(C)c6ccc(C(C)C)cc6CCC45)c3)CCCC21C.COC(COC(=O)C1(C)CCCC2(C)c3ccc(C(C)C)cc3CCC12)COc1cccc(OCC(COC(=O)C2(C)CCCC3(C)c4ccc(C(C)C)cc4CCC23)OC)c1.O=C(O)c1ccccc1.O=C=O. The summed E-state index contributed by atoms with van der Waals surface area (Å²) in [5.41, 5.74) is 15.7. The molecule has 0 radical (unpaired) electrons. The molecule has 0 heterocycles. The number of methoxy groups -OCH3 is 2. The van der Waals surface area contributed by atoms with Crippen molar-refractivity contribution >= 4 is 47.6 Å². The maximum Gasteiger partial charge on any atom is 0.373 e. The Morgan fingerprint density at radius 2 is 0.575 bits per heavy atom. The minimum absolute atomic E-state index is 0.0186. The third-order valence-corrected chi connectivity index (χ3v) is 34.4. The van der Waals surface area contributed by atoms with Gasteiger partial charge in [0.05, 0.1) is 27.2 Å². The number of carboxylic acid groups (broad SMARTS) is 1. The Bertz CT molecular complexity index is 5540. The van der Waals surface area contributed by atoms with Gasteiger partial charge in [-0.2, -0.15) is 9.59 Å². The monoisotopic (exact) mass is 2000 g/mol. The van der Waals surface area contributed by atoms with Gasteiger partial charge < -0.3 is 62.7 Å². The lowest BCUT2D eigenvalue weighted by molar-refractivity contribution is -0.192. The molecule has 0 spiro atoms. The molecule has 22 nitrogen and oxygen atoms in total. The number of carbonyl (C=O) groups excluding carboxylic acids is 8. The van der Waals surface area contributed by atoms with Crippen molar-refractivity contribution in [2.24, 2.45) is 45.3 Å².